The average Bonchev–Trinajstić information content (AvgIpc) is 3.44. The van der Waals surface area contributed by atoms with E-state index in [0.29, 0.717) is 30.2 Å². The molecule has 0 atom stereocenters. The predicted octanol–water partition coefficient (Wildman–Crippen LogP) is 5.93. The minimum absolute atomic E-state index is 0.0281. The number of nitrogens with zero attached hydrogens (tertiary/aromatic N) is 4. The summed E-state index contributed by atoms with van der Waals surface area (Å²) in [5.41, 5.74) is 5.31. The van der Waals surface area contributed by atoms with Crippen LogP contribution in [0.4, 0.5) is 8.78 Å². The highest BCUT2D eigenvalue weighted by atomic mass is 35.5. The summed E-state index contributed by atoms with van der Waals surface area (Å²) in [4.78, 5) is 17.8. The summed E-state index contributed by atoms with van der Waals surface area (Å²) in [6, 6.07) is 11.7. The van der Waals surface area contributed by atoms with Gasteiger partial charge in [0, 0.05) is 24.7 Å². The van der Waals surface area contributed by atoms with Crippen molar-refractivity contribution in [1.29, 1.82) is 0 Å². The molecule has 4 aromatic rings. The Balaban J connectivity index is 1.61. The standard InChI is InChI=1S/C24H25ClF2N4O/c1-15-5-3-6-20-22(15)31(16-7-8-16)23(32)30(20)14-17-13-18-19(9-10-21(25)28-18)29(17)12-4-11-24(2,26)27/h3,5-6,9-10,13,16H,4,7-8,11-12,14H2,1-2H3. The highest BCUT2D eigenvalue weighted by Gasteiger charge is 2.30. The van der Waals surface area contributed by atoms with E-state index in [4.69, 9.17) is 11.6 Å². The first-order chi connectivity index (χ1) is 15.2. The lowest BCUT2D eigenvalue weighted by Crippen LogP contribution is -2.25. The van der Waals surface area contributed by atoms with Crippen molar-refractivity contribution in [1.82, 2.24) is 18.7 Å². The van der Waals surface area contributed by atoms with Gasteiger partial charge in [0.1, 0.15) is 5.15 Å². The van der Waals surface area contributed by atoms with Crippen LogP contribution >= 0.6 is 11.6 Å². The summed E-state index contributed by atoms with van der Waals surface area (Å²) in [5.74, 6) is -2.71. The highest BCUT2D eigenvalue weighted by Crippen LogP contribution is 2.37. The van der Waals surface area contributed by atoms with E-state index in [9.17, 15) is 13.6 Å². The molecule has 5 rings (SSSR count). The largest absolute Gasteiger partial charge is 0.342 e. The summed E-state index contributed by atoms with van der Waals surface area (Å²) in [6.45, 7) is 3.73. The molecule has 1 aliphatic rings. The fourth-order valence-electron chi connectivity index (χ4n) is 4.60. The molecule has 0 aliphatic heterocycles. The van der Waals surface area contributed by atoms with Crippen LogP contribution in [0.2, 0.25) is 5.15 Å². The zero-order chi connectivity index (χ0) is 22.6. The number of aromatic nitrogens is 4. The van der Waals surface area contributed by atoms with Gasteiger partial charge in [-0.2, -0.15) is 0 Å². The highest BCUT2D eigenvalue weighted by molar-refractivity contribution is 6.29. The molecule has 3 heterocycles. The first kappa shape index (κ1) is 21.2. The van der Waals surface area contributed by atoms with E-state index in [0.717, 1.165) is 47.6 Å². The van der Waals surface area contributed by atoms with Crippen LogP contribution in [0.25, 0.3) is 22.1 Å². The maximum Gasteiger partial charge on any atom is 0.329 e. The fraction of sp³-hybridized carbons (Fsp3) is 0.417. The van der Waals surface area contributed by atoms with Crippen molar-refractivity contribution in [2.24, 2.45) is 0 Å². The van der Waals surface area contributed by atoms with Gasteiger partial charge in [0.05, 0.1) is 28.6 Å². The normalized spacial score (nSPS) is 14.7. The molecule has 0 unspecified atom stereocenters. The molecule has 5 nitrogen and oxygen atoms in total. The monoisotopic (exact) mass is 458 g/mol. The van der Waals surface area contributed by atoms with Crippen LogP contribution in [0.5, 0.6) is 0 Å². The Morgan fingerprint density at radius 3 is 2.66 bits per heavy atom. The SMILES string of the molecule is Cc1cccc2c1n(C1CC1)c(=O)n2Cc1cc2nc(Cl)ccc2n1CCCC(C)(F)F. The number of fused-ring (bicyclic) bond motifs is 2. The Morgan fingerprint density at radius 1 is 1.16 bits per heavy atom. The van der Waals surface area contributed by atoms with Gasteiger partial charge in [-0.05, 0) is 62.9 Å². The van der Waals surface area contributed by atoms with E-state index in [1.807, 2.05) is 46.4 Å². The van der Waals surface area contributed by atoms with E-state index >= 15 is 0 Å². The fourth-order valence-corrected chi connectivity index (χ4v) is 4.75. The van der Waals surface area contributed by atoms with Crippen molar-refractivity contribution in [2.75, 3.05) is 0 Å². The zero-order valence-electron chi connectivity index (χ0n) is 18.1. The molecule has 32 heavy (non-hydrogen) atoms. The molecule has 3 aromatic heterocycles. The number of halogens is 3. The Labute approximate surface area is 189 Å². The van der Waals surface area contributed by atoms with Crippen molar-refractivity contribution in [3.63, 3.8) is 0 Å². The van der Waals surface area contributed by atoms with Crippen LogP contribution < -0.4 is 5.69 Å². The van der Waals surface area contributed by atoms with Crippen LogP contribution in [0, 0.1) is 6.92 Å². The van der Waals surface area contributed by atoms with Crippen LogP contribution in [0.3, 0.4) is 0 Å². The summed E-state index contributed by atoms with van der Waals surface area (Å²) in [6.07, 6.45) is 2.15. The van der Waals surface area contributed by atoms with Gasteiger partial charge >= 0.3 is 5.69 Å². The van der Waals surface area contributed by atoms with Crippen LogP contribution in [0.1, 0.15) is 49.9 Å². The van der Waals surface area contributed by atoms with Crippen molar-refractivity contribution in [3.8, 4) is 0 Å². The van der Waals surface area contributed by atoms with E-state index < -0.39 is 5.92 Å². The number of para-hydroxylation sites is 1. The van der Waals surface area contributed by atoms with E-state index in [1.54, 1.807) is 10.6 Å². The molecule has 0 amide bonds. The molecule has 1 fully saturated rings. The summed E-state index contributed by atoms with van der Waals surface area (Å²) >= 11 is 6.09. The lowest BCUT2D eigenvalue weighted by atomic mass is 10.2. The lowest BCUT2D eigenvalue weighted by Gasteiger charge is -2.14. The van der Waals surface area contributed by atoms with Gasteiger partial charge in [-0.25, -0.2) is 18.6 Å². The molecular formula is C24H25ClF2N4O. The minimum atomic E-state index is -2.71. The summed E-state index contributed by atoms with van der Waals surface area (Å²) < 4.78 is 32.6. The minimum Gasteiger partial charge on any atom is -0.342 e. The van der Waals surface area contributed by atoms with Crippen LogP contribution in [-0.2, 0) is 13.1 Å². The topological polar surface area (TPSA) is 44.8 Å². The molecule has 1 saturated carbocycles. The third-order valence-corrected chi connectivity index (χ3v) is 6.43. The third-order valence-electron chi connectivity index (χ3n) is 6.22. The zero-order valence-corrected chi connectivity index (χ0v) is 18.9. The number of imidazole rings is 1. The van der Waals surface area contributed by atoms with Crippen molar-refractivity contribution < 1.29 is 8.78 Å². The lowest BCUT2D eigenvalue weighted by molar-refractivity contribution is 0.00995. The molecule has 0 bridgehead atoms. The Hall–Kier alpha value is -2.67. The van der Waals surface area contributed by atoms with Gasteiger partial charge in [-0.15, -0.1) is 0 Å². The second kappa shape index (κ2) is 7.73. The number of alkyl halides is 2. The number of aryl methyl sites for hydroxylation is 2. The molecule has 0 N–H and O–H groups in total. The van der Waals surface area contributed by atoms with Crippen LogP contribution in [-0.4, -0.2) is 24.6 Å². The van der Waals surface area contributed by atoms with E-state index in [2.05, 4.69) is 4.98 Å². The quantitative estimate of drug-likeness (QED) is 0.322. The molecule has 0 saturated heterocycles. The predicted molar refractivity (Wildman–Crippen MR) is 123 cm³/mol. The smallest absolute Gasteiger partial charge is 0.329 e. The number of pyridine rings is 1. The third kappa shape index (κ3) is 3.83. The first-order valence-electron chi connectivity index (χ1n) is 11.0. The van der Waals surface area contributed by atoms with E-state index in [-0.39, 0.29) is 18.2 Å². The first-order valence-corrected chi connectivity index (χ1v) is 11.3. The Morgan fingerprint density at radius 2 is 1.94 bits per heavy atom. The maximum absolute atomic E-state index is 13.4. The number of hydrogen-bond acceptors (Lipinski definition) is 2. The maximum atomic E-state index is 13.4. The van der Waals surface area contributed by atoms with Crippen LogP contribution in [0.15, 0.2) is 41.2 Å². The molecule has 1 aliphatic carbocycles. The molecule has 168 valence electrons. The molecule has 0 spiro atoms. The Bertz CT molecular complexity index is 1370. The molecule has 0 radical (unpaired) electrons. The average molecular weight is 459 g/mol. The second-order valence-electron chi connectivity index (χ2n) is 8.91. The van der Waals surface area contributed by atoms with Crippen molar-refractivity contribution in [3.05, 3.63) is 63.3 Å². The Kier molecular flexibility index (Phi) is 5.12. The van der Waals surface area contributed by atoms with Gasteiger partial charge < -0.3 is 4.57 Å². The van der Waals surface area contributed by atoms with Crippen molar-refractivity contribution in [2.45, 2.75) is 64.6 Å². The van der Waals surface area contributed by atoms with Gasteiger partial charge in [0.25, 0.3) is 0 Å². The molecule has 8 heteroatoms. The van der Waals surface area contributed by atoms with Gasteiger partial charge in [-0.1, -0.05) is 23.7 Å². The number of rotatable bonds is 7. The van der Waals surface area contributed by atoms with Gasteiger partial charge in [0.2, 0.25) is 5.92 Å². The molecular weight excluding hydrogens is 434 g/mol. The second-order valence-corrected chi connectivity index (χ2v) is 9.30. The summed E-state index contributed by atoms with van der Waals surface area (Å²) in [7, 11) is 0. The van der Waals surface area contributed by atoms with Crippen molar-refractivity contribution >= 4 is 33.7 Å². The number of benzene rings is 1. The van der Waals surface area contributed by atoms with Gasteiger partial charge in [-0.3, -0.25) is 9.13 Å². The summed E-state index contributed by atoms with van der Waals surface area (Å²) in [5, 5.41) is 0.374. The van der Waals surface area contributed by atoms with E-state index in [1.165, 1.54) is 0 Å². The number of hydrogen-bond donors (Lipinski definition) is 0. The van der Waals surface area contributed by atoms with Gasteiger partial charge in [0.15, 0.2) is 0 Å². The molecule has 1 aromatic carbocycles.